The Morgan fingerprint density at radius 1 is 1.03 bits per heavy atom. The minimum atomic E-state index is -0.595. The number of rotatable bonds is 8. The van der Waals surface area contributed by atoms with Gasteiger partial charge in [0.25, 0.3) is 0 Å². The third-order valence-electron chi connectivity index (χ3n) is 8.61. The summed E-state index contributed by atoms with van der Waals surface area (Å²) in [6, 6.07) is 0. The van der Waals surface area contributed by atoms with Gasteiger partial charge in [0.1, 0.15) is 0 Å². The highest BCUT2D eigenvalue weighted by molar-refractivity contribution is 5.02. The largest absolute Gasteiger partial charge is 0.393 e. The summed E-state index contributed by atoms with van der Waals surface area (Å²) in [6.07, 6.45) is 11.0. The van der Waals surface area contributed by atoms with Gasteiger partial charge in [0.15, 0.2) is 5.79 Å². The maximum absolute atomic E-state index is 10.7. The molecule has 0 amide bonds. The predicted octanol–water partition coefficient (Wildman–Crippen LogP) is 5.83. The second-order valence-electron chi connectivity index (χ2n) is 12.5. The van der Waals surface area contributed by atoms with E-state index < -0.39 is 11.4 Å². The summed E-state index contributed by atoms with van der Waals surface area (Å²) in [5, 5.41) is 20.9. The highest BCUT2D eigenvalue weighted by Gasteiger charge is 2.53. The lowest BCUT2D eigenvalue weighted by molar-refractivity contribution is -0.157. The van der Waals surface area contributed by atoms with Crippen molar-refractivity contribution in [1.29, 1.82) is 0 Å². The van der Waals surface area contributed by atoms with Crippen molar-refractivity contribution in [1.82, 2.24) is 0 Å². The van der Waals surface area contributed by atoms with Crippen LogP contribution in [0.4, 0.5) is 0 Å². The maximum atomic E-state index is 10.7. The highest BCUT2D eigenvalue weighted by atomic mass is 16.8. The van der Waals surface area contributed by atoms with Crippen LogP contribution < -0.4 is 0 Å². The zero-order valence-electron chi connectivity index (χ0n) is 20.7. The van der Waals surface area contributed by atoms with Crippen LogP contribution in [0.5, 0.6) is 0 Å². The predicted molar refractivity (Wildman–Crippen MR) is 121 cm³/mol. The molecule has 30 heavy (non-hydrogen) atoms. The van der Waals surface area contributed by atoms with Crippen LogP contribution in [0, 0.1) is 23.2 Å². The van der Waals surface area contributed by atoms with E-state index in [1.54, 1.807) is 0 Å². The van der Waals surface area contributed by atoms with Crippen LogP contribution in [0.3, 0.4) is 0 Å². The van der Waals surface area contributed by atoms with Crippen LogP contribution >= 0.6 is 0 Å². The normalized spacial score (nSPS) is 39.1. The molecule has 3 fully saturated rings. The minimum Gasteiger partial charge on any atom is -0.393 e. The first kappa shape index (κ1) is 24.5. The van der Waals surface area contributed by atoms with Crippen LogP contribution in [-0.4, -0.2) is 39.4 Å². The number of hydrogen-bond acceptors (Lipinski definition) is 4. The van der Waals surface area contributed by atoms with E-state index in [1.165, 1.54) is 19.3 Å². The van der Waals surface area contributed by atoms with Crippen LogP contribution in [0.25, 0.3) is 0 Å². The van der Waals surface area contributed by atoms with Crippen molar-refractivity contribution in [2.45, 2.75) is 142 Å². The quantitative estimate of drug-likeness (QED) is 0.514. The molecule has 3 aliphatic rings. The van der Waals surface area contributed by atoms with E-state index in [-0.39, 0.29) is 23.2 Å². The molecule has 1 aliphatic heterocycles. The molecular weight excluding hydrogens is 376 g/mol. The van der Waals surface area contributed by atoms with Crippen LogP contribution in [0.1, 0.15) is 113 Å². The van der Waals surface area contributed by atoms with Gasteiger partial charge in [0.05, 0.1) is 23.4 Å². The van der Waals surface area contributed by atoms with Crippen LogP contribution in [0.15, 0.2) is 0 Å². The lowest BCUT2D eigenvalue weighted by atomic mass is 9.60. The van der Waals surface area contributed by atoms with E-state index in [2.05, 4.69) is 20.8 Å². The van der Waals surface area contributed by atoms with Gasteiger partial charge in [0.2, 0.25) is 0 Å². The summed E-state index contributed by atoms with van der Waals surface area (Å²) >= 11 is 0. The topological polar surface area (TPSA) is 58.9 Å². The molecule has 0 aromatic heterocycles. The summed E-state index contributed by atoms with van der Waals surface area (Å²) in [7, 11) is 0. The van der Waals surface area contributed by atoms with E-state index in [9.17, 15) is 10.2 Å². The Morgan fingerprint density at radius 2 is 1.73 bits per heavy atom. The van der Waals surface area contributed by atoms with E-state index in [0.717, 1.165) is 44.9 Å². The Balaban J connectivity index is 1.71. The molecule has 2 saturated carbocycles. The molecule has 2 N–H and O–H groups in total. The van der Waals surface area contributed by atoms with Gasteiger partial charge < -0.3 is 19.7 Å². The molecule has 0 spiro atoms. The fourth-order valence-electron chi connectivity index (χ4n) is 7.29. The third-order valence-corrected chi connectivity index (χ3v) is 8.61. The number of hydrogen-bond donors (Lipinski definition) is 2. The van der Waals surface area contributed by atoms with E-state index in [0.29, 0.717) is 17.8 Å². The molecule has 1 saturated heterocycles. The summed E-state index contributed by atoms with van der Waals surface area (Å²) < 4.78 is 12.4. The van der Waals surface area contributed by atoms with Crippen LogP contribution in [0.2, 0.25) is 0 Å². The standard InChI is InChI=1S/C26H48O4/c1-23(2,28)16-8-10-18(12-15-22-24(3,4)30-25(5,6)29-22)19-13-14-20-21(27)11-9-17-26(19,20)7/h18-22,27-28H,8-17H2,1-7H3/t18?,19-,20?,21+,22?,26-/m1/s1. The summed E-state index contributed by atoms with van der Waals surface area (Å²) in [6.45, 7) is 14.6. The monoisotopic (exact) mass is 424 g/mol. The third kappa shape index (κ3) is 5.42. The zero-order valence-corrected chi connectivity index (χ0v) is 20.7. The van der Waals surface area contributed by atoms with Crippen molar-refractivity contribution in [3.05, 3.63) is 0 Å². The maximum Gasteiger partial charge on any atom is 0.164 e. The van der Waals surface area contributed by atoms with Gasteiger partial charge in [-0.2, -0.15) is 0 Å². The highest BCUT2D eigenvalue weighted by Crippen LogP contribution is 2.59. The van der Waals surface area contributed by atoms with Crippen molar-refractivity contribution in [2.24, 2.45) is 23.2 Å². The molecule has 6 atom stereocenters. The van der Waals surface area contributed by atoms with E-state index >= 15 is 0 Å². The Labute approximate surface area is 185 Å². The average Bonchev–Trinajstić information content (AvgIpc) is 3.03. The van der Waals surface area contributed by atoms with E-state index in [1.807, 2.05) is 27.7 Å². The molecule has 1 heterocycles. The molecule has 176 valence electrons. The van der Waals surface area contributed by atoms with Crippen molar-refractivity contribution >= 4 is 0 Å². The molecule has 0 aromatic carbocycles. The second-order valence-corrected chi connectivity index (χ2v) is 12.5. The van der Waals surface area contributed by atoms with Gasteiger partial charge in [-0.3, -0.25) is 0 Å². The Kier molecular flexibility index (Phi) is 7.06. The fourth-order valence-corrected chi connectivity index (χ4v) is 7.29. The summed E-state index contributed by atoms with van der Waals surface area (Å²) in [5.41, 5.74) is -0.592. The molecule has 3 unspecified atom stereocenters. The SMILES string of the molecule is CC(C)(O)CCCC(CCC1OC(C)(C)OC1(C)C)[C@H]1CCC2[C@@H](O)CCC[C@@]21C. The van der Waals surface area contributed by atoms with Crippen molar-refractivity contribution in [2.75, 3.05) is 0 Å². The molecule has 2 aliphatic carbocycles. The lowest BCUT2D eigenvalue weighted by Gasteiger charge is -2.46. The molecule has 0 aromatic rings. The average molecular weight is 425 g/mol. The van der Waals surface area contributed by atoms with Gasteiger partial charge in [-0.05, 0) is 110 Å². The minimum absolute atomic E-state index is 0.114. The summed E-state index contributed by atoms with van der Waals surface area (Å²) in [4.78, 5) is 0. The van der Waals surface area contributed by atoms with Crippen molar-refractivity contribution < 1.29 is 19.7 Å². The van der Waals surface area contributed by atoms with Crippen molar-refractivity contribution in [3.63, 3.8) is 0 Å². The van der Waals surface area contributed by atoms with Gasteiger partial charge in [0, 0.05) is 0 Å². The van der Waals surface area contributed by atoms with Gasteiger partial charge >= 0.3 is 0 Å². The number of aliphatic hydroxyl groups excluding tert-OH is 1. The number of aliphatic hydroxyl groups is 2. The molecular formula is C26H48O4. The molecule has 4 nitrogen and oxygen atoms in total. The Bertz CT molecular complexity index is 578. The first-order valence-corrected chi connectivity index (χ1v) is 12.5. The zero-order chi connectivity index (χ0) is 22.4. The van der Waals surface area contributed by atoms with Crippen molar-refractivity contribution in [3.8, 4) is 0 Å². The number of fused-ring (bicyclic) bond motifs is 1. The second kappa shape index (κ2) is 8.65. The Morgan fingerprint density at radius 3 is 2.33 bits per heavy atom. The molecule has 3 rings (SSSR count). The van der Waals surface area contributed by atoms with E-state index in [4.69, 9.17) is 9.47 Å². The lowest BCUT2D eigenvalue weighted by Crippen LogP contribution is -2.42. The molecule has 0 radical (unpaired) electrons. The Hall–Kier alpha value is -0.160. The first-order valence-electron chi connectivity index (χ1n) is 12.5. The molecule has 0 bridgehead atoms. The fraction of sp³-hybridized carbons (Fsp3) is 1.00. The molecule has 4 heteroatoms. The van der Waals surface area contributed by atoms with Crippen LogP contribution in [-0.2, 0) is 9.47 Å². The van der Waals surface area contributed by atoms with Gasteiger partial charge in [-0.25, -0.2) is 0 Å². The van der Waals surface area contributed by atoms with Gasteiger partial charge in [-0.15, -0.1) is 0 Å². The first-order chi connectivity index (χ1) is 13.7. The summed E-state index contributed by atoms with van der Waals surface area (Å²) in [5.74, 6) is 1.24. The number of ether oxygens (including phenoxy) is 2. The van der Waals surface area contributed by atoms with Gasteiger partial charge in [-0.1, -0.05) is 26.2 Å². The smallest absolute Gasteiger partial charge is 0.164 e.